The van der Waals surface area contributed by atoms with E-state index in [1.165, 1.54) is 46.3 Å². The molecule has 0 aliphatic heterocycles. The molecule has 0 saturated heterocycles. The molecule has 0 radical (unpaired) electrons. The van der Waals surface area contributed by atoms with Crippen LogP contribution in [0.5, 0.6) is 11.5 Å². The average Bonchev–Trinajstić information content (AvgIpc) is 2.68. The number of benzene rings is 1. The molecule has 1 saturated carbocycles. The molecular formula is C22H32O5. The van der Waals surface area contributed by atoms with Gasteiger partial charge in [-0.15, -0.1) is 0 Å². The van der Waals surface area contributed by atoms with Gasteiger partial charge in [0.1, 0.15) is 17.6 Å². The molecule has 150 valence electrons. The lowest BCUT2D eigenvalue weighted by Gasteiger charge is -2.18. The molecule has 1 aliphatic rings. The second kappa shape index (κ2) is 11.6. The Bertz CT molecular complexity index is 599. The number of hydrogen-bond donors (Lipinski definition) is 0. The summed E-state index contributed by atoms with van der Waals surface area (Å²) in [6, 6.07) is 4.78. The van der Waals surface area contributed by atoms with E-state index in [9.17, 15) is 9.59 Å². The summed E-state index contributed by atoms with van der Waals surface area (Å²) < 4.78 is 16.0. The number of ether oxygens (including phenoxy) is 3. The zero-order valence-electron chi connectivity index (χ0n) is 16.6. The Morgan fingerprint density at radius 3 is 1.89 bits per heavy atom. The van der Waals surface area contributed by atoms with Crippen LogP contribution in [-0.4, -0.2) is 32.1 Å². The summed E-state index contributed by atoms with van der Waals surface area (Å²) in [5.41, 5.74) is 0.205. The highest BCUT2D eigenvalue weighted by atomic mass is 16.5. The van der Waals surface area contributed by atoms with E-state index in [0.717, 1.165) is 38.5 Å². The van der Waals surface area contributed by atoms with E-state index in [1.807, 2.05) is 0 Å². The number of Topliss-reactive ketones (excluding diaryl/α,β-unsaturated/α-hetero) is 1. The van der Waals surface area contributed by atoms with Crippen LogP contribution < -0.4 is 9.47 Å². The first-order valence-corrected chi connectivity index (χ1v) is 10.1. The maximum absolute atomic E-state index is 12.6. The molecular weight excluding hydrogens is 344 g/mol. The molecule has 0 N–H and O–H groups in total. The van der Waals surface area contributed by atoms with Gasteiger partial charge in [-0.2, -0.15) is 0 Å². The normalized spacial score (nSPS) is 17.3. The number of ketones is 1. The minimum Gasteiger partial charge on any atom is -0.497 e. The monoisotopic (exact) mass is 376 g/mol. The molecule has 0 spiro atoms. The zero-order chi connectivity index (χ0) is 19.5. The number of hydrogen-bond acceptors (Lipinski definition) is 5. The maximum Gasteiger partial charge on any atom is 0.380 e. The van der Waals surface area contributed by atoms with E-state index < -0.39 is 11.8 Å². The van der Waals surface area contributed by atoms with Crippen molar-refractivity contribution in [3.8, 4) is 11.5 Å². The first-order valence-electron chi connectivity index (χ1n) is 10.1. The Morgan fingerprint density at radius 2 is 1.37 bits per heavy atom. The lowest BCUT2D eigenvalue weighted by Crippen LogP contribution is -2.25. The predicted molar refractivity (Wildman–Crippen MR) is 105 cm³/mol. The van der Waals surface area contributed by atoms with Crippen LogP contribution in [0.3, 0.4) is 0 Å². The van der Waals surface area contributed by atoms with Crippen molar-refractivity contribution in [2.75, 3.05) is 14.2 Å². The highest BCUT2D eigenvalue weighted by Gasteiger charge is 2.25. The van der Waals surface area contributed by atoms with Crippen molar-refractivity contribution in [1.82, 2.24) is 0 Å². The molecule has 5 heteroatoms. The summed E-state index contributed by atoms with van der Waals surface area (Å²) in [6.07, 6.45) is 12.3. The molecule has 1 aromatic carbocycles. The molecule has 1 aliphatic carbocycles. The van der Waals surface area contributed by atoms with Gasteiger partial charge in [-0.1, -0.05) is 44.9 Å². The van der Waals surface area contributed by atoms with Gasteiger partial charge < -0.3 is 14.2 Å². The number of carbonyl (C=O) groups excluding carboxylic acids is 2. The number of carbonyl (C=O) groups is 2. The Morgan fingerprint density at radius 1 is 0.815 bits per heavy atom. The largest absolute Gasteiger partial charge is 0.497 e. The number of rotatable bonds is 5. The maximum atomic E-state index is 12.6. The van der Waals surface area contributed by atoms with Crippen molar-refractivity contribution >= 4 is 11.8 Å². The first kappa shape index (κ1) is 21.3. The quantitative estimate of drug-likeness (QED) is 0.406. The molecule has 0 unspecified atom stereocenters. The molecule has 0 amide bonds. The van der Waals surface area contributed by atoms with Crippen molar-refractivity contribution < 1.29 is 23.8 Å². The summed E-state index contributed by atoms with van der Waals surface area (Å²) >= 11 is 0. The second-order valence-corrected chi connectivity index (χ2v) is 7.18. The van der Waals surface area contributed by atoms with Crippen LogP contribution in [0.25, 0.3) is 0 Å². The van der Waals surface area contributed by atoms with Gasteiger partial charge in [0.15, 0.2) is 0 Å². The fraction of sp³-hybridized carbons (Fsp3) is 0.636. The molecule has 0 atom stereocenters. The lowest BCUT2D eigenvalue weighted by molar-refractivity contribution is -0.144. The topological polar surface area (TPSA) is 61.8 Å². The number of methoxy groups -OCH3 is 2. The molecule has 1 aromatic rings. The van der Waals surface area contributed by atoms with E-state index in [0.29, 0.717) is 11.5 Å². The summed E-state index contributed by atoms with van der Waals surface area (Å²) in [5, 5.41) is 0. The van der Waals surface area contributed by atoms with Crippen molar-refractivity contribution in [3.63, 3.8) is 0 Å². The van der Waals surface area contributed by atoms with Crippen LogP contribution in [0.1, 0.15) is 81.0 Å². The van der Waals surface area contributed by atoms with E-state index in [4.69, 9.17) is 14.2 Å². The molecule has 0 aromatic heterocycles. The summed E-state index contributed by atoms with van der Waals surface area (Å²) in [4.78, 5) is 25.0. The van der Waals surface area contributed by atoms with Crippen molar-refractivity contribution in [3.05, 3.63) is 23.8 Å². The summed E-state index contributed by atoms with van der Waals surface area (Å²) in [7, 11) is 3.00. The van der Waals surface area contributed by atoms with Crippen molar-refractivity contribution in [2.24, 2.45) is 0 Å². The minimum absolute atomic E-state index is 0.176. The third-order valence-electron chi connectivity index (χ3n) is 5.16. The lowest BCUT2D eigenvalue weighted by atomic mass is 9.99. The third-order valence-corrected chi connectivity index (χ3v) is 5.16. The molecule has 0 heterocycles. The van der Waals surface area contributed by atoms with Gasteiger partial charge in [0.25, 0.3) is 5.78 Å². The fourth-order valence-corrected chi connectivity index (χ4v) is 3.54. The van der Waals surface area contributed by atoms with E-state index >= 15 is 0 Å². The van der Waals surface area contributed by atoms with Crippen LogP contribution in [0.15, 0.2) is 18.2 Å². The Kier molecular flexibility index (Phi) is 9.16. The molecule has 0 bridgehead atoms. The second-order valence-electron chi connectivity index (χ2n) is 7.18. The molecule has 2 rings (SSSR count). The van der Waals surface area contributed by atoms with Crippen LogP contribution in [0, 0.1) is 0 Å². The Balaban J connectivity index is 1.99. The zero-order valence-corrected chi connectivity index (χ0v) is 16.6. The highest BCUT2D eigenvalue weighted by molar-refractivity contribution is 6.41. The van der Waals surface area contributed by atoms with Gasteiger partial charge in [-0.3, -0.25) is 4.79 Å². The van der Waals surface area contributed by atoms with Gasteiger partial charge in [-0.25, -0.2) is 4.79 Å². The van der Waals surface area contributed by atoms with Crippen LogP contribution in [0.2, 0.25) is 0 Å². The van der Waals surface area contributed by atoms with Gasteiger partial charge in [-0.05, 0) is 37.8 Å². The fourth-order valence-electron chi connectivity index (χ4n) is 3.54. The molecule has 27 heavy (non-hydrogen) atoms. The van der Waals surface area contributed by atoms with Gasteiger partial charge in [0, 0.05) is 6.07 Å². The van der Waals surface area contributed by atoms with E-state index in [-0.39, 0.29) is 11.7 Å². The SMILES string of the molecule is COc1ccc(C(=O)C(=O)OC2CCCCCCCCCCC2)c(OC)c1. The van der Waals surface area contributed by atoms with Gasteiger partial charge in [0.2, 0.25) is 0 Å². The standard InChI is InChI=1S/C22H32O5/c1-25-18-14-15-19(20(16-18)26-2)21(23)22(24)27-17-12-10-8-6-4-3-5-7-9-11-13-17/h14-17H,3-13H2,1-2H3. The smallest absolute Gasteiger partial charge is 0.380 e. The molecule has 5 nitrogen and oxygen atoms in total. The Labute approximate surface area is 162 Å². The van der Waals surface area contributed by atoms with Crippen molar-refractivity contribution in [2.45, 2.75) is 76.7 Å². The Hall–Kier alpha value is -2.04. The highest BCUT2D eigenvalue weighted by Crippen LogP contribution is 2.26. The summed E-state index contributed by atoms with van der Waals surface area (Å²) in [5.74, 6) is -0.581. The minimum atomic E-state index is -0.796. The first-order chi connectivity index (χ1) is 13.2. The summed E-state index contributed by atoms with van der Waals surface area (Å²) in [6.45, 7) is 0. The average molecular weight is 376 g/mol. The van der Waals surface area contributed by atoms with Crippen LogP contribution in [-0.2, 0) is 9.53 Å². The van der Waals surface area contributed by atoms with E-state index in [2.05, 4.69) is 0 Å². The van der Waals surface area contributed by atoms with E-state index in [1.54, 1.807) is 18.2 Å². The number of esters is 1. The van der Waals surface area contributed by atoms with Crippen LogP contribution >= 0.6 is 0 Å². The van der Waals surface area contributed by atoms with Gasteiger partial charge >= 0.3 is 5.97 Å². The third kappa shape index (κ3) is 6.89. The van der Waals surface area contributed by atoms with Crippen molar-refractivity contribution in [1.29, 1.82) is 0 Å². The van der Waals surface area contributed by atoms with Gasteiger partial charge in [0.05, 0.1) is 19.8 Å². The predicted octanol–water partition coefficient (Wildman–Crippen LogP) is 5.10. The van der Waals surface area contributed by atoms with Crippen LogP contribution in [0.4, 0.5) is 0 Å². The molecule has 1 fully saturated rings.